The lowest BCUT2D eigenvalue weighted by Crippen LogP contribution is -2.54. The second-order valence-corrected chi connectivity index (χ2v) is 11.9. The van der Waals surface area contributed by atoms with Gasteiger partial charge < -0.3 is 14.5 Å². The number of anilines is 1. The molecule has 1 atom stereocenters. The van der Waals surface area contributed by atoms with Crippen LogP contribution in [0.25, 0.3) is 10.2 Å². The van der Waals surface area contributed by atoms with Gasteiger partial charge in [0.25, 0.3) is 10.0 Å². The molecule has 1 amide bonds. The molecule has 1 aromatic carbocycles. The summed E-state index contributed by atoms with van der Waals surface area (Å²) in [5.41, 5.74) is 0.855. The zero-order valence-corrected chi connectivity index (χ0v) is 20.1. The summed E-state index contributed by atoms with van der Waals surface area (Å²) in [5.74, 6) is 0.667. The molecule has 32 heavy (non-hydrogen) atoms. The van der Waals surface area contributed by atoms with Gasteiger partial charge in [0.1, 0.15) is 21.5 Å². The number of hydrogen-bond acceptors (Lipinski definition) is 8. The molecule has 5 rings (SSSR count). The molecule has 11 heteroatoms. The van der Waals surface area contributed by atoms with Crippen LogP contribution in [0.2, 0.25) is 0 Å². The number of para-hydroxylation sites is 1. The average Bonchev–Trinajstić information content (AvgIpc) is 3.58. The number of ether oxygens (including phenoxy) is 1. The third kappa shape index (κ3) is 3.76. The Morgan fingerprint density at radius 3 is 2.66 bits per heavy atom. The van der Waals surface area contributed by atoms with Crippen molar-refractivity contribution in [1.82, 2.24) is 14.2 Å². The molecule has 0 saturated carbocycles. The summed E-state index contributed by atoms with van der Waals surface area (Å²) in [4.78, 5) is 22.0. The molecule has 2 aromatic heterocycles. The first-order chi connectivity index (χ1) is 15.5. The number of benzene rings is 1. The van der Waals surface area contributed by atoms with Crippen LogP contribution in [0.3, 0.4) is 0 Å². The summed E-state index contributed by atoms with van der Waals surface area (Å²) in [7, 11) is -1.99. The van der Waals surface area contributed by atoms with E-state index in [9.17, 15) is 13.2 Å². The second kappa shape index (κ2) is 8.62. The van der Waals surface area contributed by atoms with E-state index < -0.39 is 16.1 Å². The Morgan fingerprint density at radius 1 is 1.12 bits per heavy atom. The van der Waals surface area contributed by atoms with Gasteiger partial charge in [0.05, 0.1) is 11.8 Å². The minimum Gasteiger partial charge on any atom is -0.494 e. The zero-order valence-electron chi connectivity index (χ0n) is 17.6. The smallest absolute Gasteiger partial charge is 0.253 e. The maximum Gasteiger partial charge on any atom is 0.253 e. The fraction of sp³-hybridized carbons (Fsp3) is 0.429. The molecule has 0 bridgehead atoms. The van der Waals surface area contributed by atoms with E-state index in [0.717, 1.165) is 21.1 Å². The lowest BCUT2D eigenvalue weighted by molar-refractivity contribution is -0.134. The first-order valence-corrected chi connectivity index (χ1v) is 13.7. The van der Waals surface area contributed by atoms with E-state index in [1.807, 2.05) is 18.2 Å². The van der Waals surface area contributed by atoms with Crippen molar-refractivity contribution in [2.24, 2.45) is 0 Å². The van der Waals surface area contributed by atoms with Crippen LogP contribution in [0, 0.1) is 0 Å². The molecule has 3 aromatic rings. The average molecular weight is 493 g/mol. The molecule has 0 aliphatic carbocycles. The summed E-state index contributed by atoms with van der Waals surface area (Å²) in [5, 5.41) is 2.66. The number of nitrogens with zero attached hydrogens (tertiary/aromatic N) is 4. The minimum atomic E-state index is -3.63. The van der Waals surface area contributed by atoms with Crippen LogP contribution in [0.4, 0.5) is 5.13 Å². The monoisotopic (exact) mass is 492 g/mol. The van der Waals surface area contributed by atoms with Crippen LogP contribution in [0.15, 0.2) is 39.9 Å². The van der Waals surface area contributed by atoms with E-state index in [4.69, 9.17) is 9.72 Å². The number of rotatable bonds is 5. The fourth-order valence-electron chi connectivity index (χ4n) is 4.34. The van der Waals surface area contributed by atoms with Crippen molar-refractivity contribution in [2.45, 2.75) is 23.1 Å². The Balaban J connectivity index is 1.27. The van der Waals surface area contributed by atoms with Gasteiger partial charge in [-0.3, -0.25) is 4.79 Å². The van der Waals surface area contributed by atoms with Crippen LogP contribution in [-0.2, 0) is 14.8 Å². The number of carbonyl (C=O) groups excluding carboxylic acids is 1. The Hall–Kier alpha value is -2.21. The highest BCUT2D eigenvalue weighted by Crippen LogP contribution is 2.35. The van der Waals surface area contributed by atoms with Crippen LogP contribution in [0.5, 0.6) is 5.75 Å². The maximum atomic E-state index is 13.3. The maximum absolute atomic E-state index is 13.3. The third-order valence-corrected chi connectivity index (χ3v) is 10.4. The Bertz CT molecular complexity index is 1220. The van der Waals surface area contributed by atoms with E-state index in [1.54, 1.807) is 40.9 Å². The summed E-state index contributed by atoms with van der Waals surface area (Å²) < 4.78 is 34.2. The van der Waals surface area contributed by atoms with Crippen LogP contribution in [0.1, 0.15) is 12.8 Å². The first kappa shape index (κ1) is 21.6. The number of thiazole rings is 1. The molecule has 170 valence electrons. The van der Waals surface area contributed by atoms with Gasteiger partial charge in [-0.05, 0) is 36.4 Å². The third-order valence-electron chi connectivity index (χ3n) is 6.00. The largest absolute Gasteiger partial charge is 0.494 e. The minimum absolute atomic E-state index is 0.0896. The molecule has 0 spiro atoms. The number of fused-ring (bicyclic) bond motifs is 1. The molecule has 0 N–H and O–H groups in total. The lowest BCUT2D eigenvalue weighted by Gasteiger charge is -2.37. The SMILES string of the molecule is COc1cccc2sc(N3CCN(C(=O)C4CCCN4S(=O)(=O)c4cccs4)CC3)nc12. The van der Waals surface area contributed by atoms with E-state index in [1.165, 1.54) is 15.6 Å². The molecular weight excluding hydrogens is 468 g/mol. The van der Waals surface area contributed by atoms with E-state index in [0.29, 0.717) is 49.8 Å². The molecule has 2 saturated heterocycles. The topological polar surface area (TPSA) is 83.0 Å². The number of methoxy groups -OCH3 is 1. The van der Waals surface area contributed by atoms with Crippen LogP contribution < -0.4 is 9.64 Å². The molecule has 2 aliphatic heterocycles. The quantitative estimate of drug-likeness (QED) is 0.545. The number of aromatic nitrogens is 1. The zero-order chi connectivity index (χ0) is 22.3. The number of amides is 1. The van der Waals surface area contributed by atoms with Crippen molar-refractivity contribution >= 4 is 54.0 Å². The van der Waals surface area contributed by atoms with Crippen molar-refractivity contribution in [2.75, 3.05) is 44.7 Å². The summed E-state index contributed by atoms with van der Waals surface area (Å²) >= 11 is 2.81. The van der Waals surface area contributed by atoms with Gasteiger partial charge in [-0.2, -0.15) is 4.31 Å². The number of piperazine rings is 1. The highest BCUT2D eigenvalue weighted by Gasteiger charge is 2.42. The molecule has 8 nitrogen and oxygen atoms in total. The molecule has 2 fully saturated rings. The Kier molecular flexibility index (Phi) is 5.82. The van der Waals surface area contributed by atoms with Crippen molar-refractivity contribution in [1.29, 1.82) is 0 Å². The molecule has 0 radical (unpaired) electrons. The summed E-state index contributed by atoms with van der Waals surface area (Å²) in [6.07, 6.45) is 1.27. The van der Waals surface area contributed by atoms with Gasteiger partial charge in [0, 0.05) is 32.7 Å². The molecule has 4 heterocycles. The van der Waals surface area contributed by atoms with Gasteiger partial charge in [-0.25, -0.2) is 13.4 Å². The van der Waals surface area contributed by atoms with Gasteiger partial charge in [-0.15, -0.1) is 11.3 Å². The van der Waals surface area contributed by atoms with E-state index in [2.05, 4.69) is 4.90 Å². The molecule has 2 aliphatic rings. The summed E-state index contributed by atoms with van der Waals surface area (Å²) in [6, 6.07) is 8.60. The normalized spacial score (nSPS) is 20.2. The molecule has 1 unspecified atom stereocenters. The van der Waals surface area contributed by atoms with Crippen molar-refractivity contribution < 1.29 is 17.9 Å². The first-order valence-electron chi connectivity index (χ1n) is 10.5. The Morgan fingerprint density at radius 2 is 1.94 bits per heavy atom. The number of hydrogen-bond donors (Lipinski definition) is 0. The Labute approximate surface area is 195 Å². The number of thiophene rings is 1. The molecular formula is C21H24N4O4S3. The van der Waals surface area contributed by atoms with Crippen molar-refractivity contribution in [3.05, 3.63) is 35.7 Å². The highest BCUT2D eigenvalue weighted by molar-refractivity contribution is 7.91. The van der Waals surface area contributed by atoms with Crippen LogP contribution in [-0.4, -0.2) is 74.4 Å². The van der Waals surface area contributed by atoms with Gasteiger partial charge in [0.15, 0.2) is 5.13 Å². The second-order valence-electron chi connectivity index (χ2n) is 7.82. The van der Waals surface area contributed by atoms with E-state index in [-0.39, 0.29) is 5.91 Å². The summed E-state index contributed by atoms with van der Waals surface area (Å²) in [6.45, 7) is 2.82. The van der Waals surface area contributed by atoms with Gasteiger partial charge in [0.2, 0.25) is 5.91 Å². The van der Waals surface area contributed by atoms with Crippen molar-refractivity contribution in [3.8, 4) is 5.75 Å². The standard InChI is InChI=1S/C21H24N4O4S3/c1-29-16-6-2-7-17-19(16)22-21(31-17)24-12-10-23(11-13-24)20(26)15-5-3-9-25(15)32(27,28)18-8-4-14-30-18/h2,4,6-8,14-15H,3,5,9-13H2,1H3. The van der Waals surface area contributed by atoms with Crippen LogP contribution >= 0.6 is 22.7 Å². The highest BCUT2D eigenvalue weighted by atomic mass is 32.2. The number of carbonyl (C=O) groups is 1. The van der Waals surface area contributed by atoms with Gasteiger partial charge in [-0.1, -0.05) is 23.5 Å². The number of sulfonamides is 1. The fourth-order valence-corrected chi connectivity index (χ4v) is 8.15. The van der Waals surface area contributed by atoms with Gasteiger partial charge >= 0.3 is 0 Å². The predicted octanol–water partition coefficient (Wildman–Crippen LogP) is 2.87. The lowest BCUT2D eigenvalue weighted by atomic mass is 10.2. The predicted molar refractivity (Wildman–Crippen MR) is 126 cm³/mol. The van der Waals surface area contributed by atoms with Crippen molar-refractivity contribution in [3.63, 3.8) is 0 Å². The van der Waals surface area contributed by atoms with E-state index >= 15 is 0 Å².